The fourth-order valence-corrected chi connectivity index (χ4v) is 1.13. The summed E-state index contributed by atoms with van der Waals surface area (Å²) in [6, 6.07) is 0. The van der Waals surface area contributed by atoms with Crippen molar-refractivity contribution in [1.82, 2.24) is 0 Å². The van der Waals surface area contributed by atoms with E-state index in [2.05, 4.69) is 0 Å². The molecular weight excluding hydrogens is 136 g/mol. The van der Waals surface area contributed by atoms with E-state index in [9.17, 15) is 0 Å². The highest BCUT2D eigenvalue weighted by molar-refractivity contribution is 7.99. The molecule has 2 nitrogen and oxygen atoms in total. The fraction of sp³-hybridized carbons (Fsp3) is 1.00. The molecule has 0 saturated carbocycles. The van der Waals surface area contributed by atoms with Crippen molar-refractivity contribution >= 4 is 11.8 Å². The summed E-state index contributed by atoms with van der Waals surface area (Å²) >= 11 is 1.58. The maximum atomic E-state index is 8.95. The molecule has 0 aromatic rings. The Morgan fingerprint density at radius 3 is 2.33 bits per heavy atom. The van der Waals surface area contributed by atoms with Gasteiger partial charge in [0, 0.05) is 11.0 Å². The van der Waals surface area contributed by atoms with E-state index in [-0.39, 0.29) is 18.0 Å². The van der Waals surface area contributed by atoms with E-state index in [0.717, 1.165) is 0 Å². The number of rotatable bonds is 4. The van der Waals surface area contributed by atoms with Gasteiger partial charge in [0.05, 0.1) is 12.7 Å². The molecule has 0 aromatic carbocycles. The molecule has 0 bridgehead atoms. The predicted octanol–water partition coefficient (Wildman–Crippen LogP) is 0.481. The molecule has 0 unspecified atom stereocenters. The molecule has 0 saturated heterocycles. The molecule has 0 heterocycles. The monoisotopic (exact) mass is 150 g/mol. The molecule has 0 aliphatic heterocycles. The average molecular weight is 150 g/mol. The van der Waals surface area contributed by atoms with Gasteiger partial charge in [-0.25, -0.2) is 0 Å². The van der Waals surface area contributed by atoms with Crippen molar-refractivity contribution in [3.8, 4) is 0 Å². The Labute approximate surface area is 60.3 Å². The largest absolute Gasteiger partial charge is 0.396 e. The summed E-state index contributed by atoms with van der Waals surface area (Å²) in [4.78, 5) is 0. The van der Waals surface area contributed by atoms with Crippen LogP contribution in [0.4, 0.5) is 0 Å². The quantitative estimate of drug-likeness (QED) is 0.612. The van der Waals surface area contributed by atoms with Crippen molar-refractivity contribution in [1.29, 1.82) is 0 Å². The second kappa shape index (κ2) is 5.09. The third kappa shape index (κ3) is 4.75. The topological polar surface area (TPSA) is 40.5 Å². The minimum atomic E-state index is -0.276. The van der Waals surface area contributed by atoms with Gasteiger partial charge in [0.2, 0.25) is 0 Å². The highest BCUT2D eigenvalue weighted by Gasteiger charge is 2.06. The lowest BCUT2D eigenvalue weighted by molar-refractivity contribution is 0.196. The Morgan fingerprint density at radius 2 is 2.00 bits per heavy atom. The maximum Gasteiger partial charge on any atom is 0.0628 e. The smallest absolute Gasteiger partial charge is 0.0628 e. The van der Waals surface area contributed by atoms with E-state index in [1.54, 1.807) is 18.7 Å². The molecular formula is C6H14O2S. The van der Waals surface area contributed by atoms with Crippen LogP contribution in [0.5, 0.6) is 0 Å². The number of hydrogen-bond acceptors (Lipinski definition) is 3. The van der Waals surface area contributed by atoms with E-state index in [4.69, 9.17) is 10.2 Å². The van der Waals surface area contributed by atoms with Crippen molar-refractivity contribution in [2.75, 3.05) is 12.4 Å². The third-order valence-electron chi connectivity index (χ3n) is 1.15. The van der Waals surface area contributed by atoms with E-state index in [1.807, 2.05) is 6.92 Å². The van der Waals surface area contributed by atoms with Gasteiger partial charge >= 0.3 is 0 Å². The summed E-state index contributed by atoms with van der Waals surface area (Å²) in [5, 5.41) is 17.6. The summed E-state index contributed by atoms with van der Waals surface area (Å²) in [5.41, 5.74) is 0. The van der Waals surface area contributed by atoms with Crippen LogP contribution in [0, 0.1) is 0 Å². The zero-order valence-corrected chi connectivity index (χ0v) is 6.69. The van der Waals surface area contributed by atoms with E-state index in [0.29, 0.717) is 5.75 Å². The molecule has 56 valence electrons. The summed E-state index contributed by atoms with van der Waals surface area (Å²) in [5.74, 6) is 0.714. The van der Waals surface area contributed by atoms with Crippen LogP contribution in [0.1, 0.15) is 13.8 Å². The highest BCUT2D eigenvalue weighted by Crippen LogP contribution is 2.12. The molecule has 3 heteroatoms. The zero-order chi connectivity index (χ0) is 7.28. The molecule has 0 fully saturated rings. The van der Waals surface area contributed by atoms with Crippen molar-refractivity contribution in [3.05, 3.63) is 0 Å². The molecule has 0 spiro atoms. The maximum absolute atomic E-state index is 8.95. The Morgan fingerprint density at radius 1 is 1.44 bits per heavy atom. The van der Waals surface area contributed by atoms with Crippen molar-refractivity contribution in [2.45, 2.75) is 25.2 Å². The van der Waals surface area contributed by atoms with Crippen LogP contribution in [0.15, 0.2) is 0 Å². The van der Waals surface area contributed by atoms with Crippen LogP contribution in [-0.4, -0.2) is 33.9 Å². The number of aliphatic hydroxyl groups excluding tert-OH is 2. The minimum absolute atomic E-state index is 0.196. The average Bonchev–Trinajstić information content (AvgIpc) is 1.82. The summed E-state index contributed by atoms with van der Waals surface area (Å²) in [6.07, 6.45) is -0.276. The van der Waals surface area contributed by atoms with Gasteiger partial charge in [0.1, 0.15) is 0 Å². The van der Waals surface area contributed by atoms with Crippen LogP contribution in [0.3, 0.4) is 0 Å². The first-order valence-corrected chi connectivity index (χ1v) is 4.14. The van der Waals surface area contributed by atoms with Crippen LogP contribution in [0.2, 0.25) is 0 Å². The van der Waals surface area contributed by atoms with E-state index < -0.39 is 0 Å². The number of aliphatic hydroxyl groups is 2. The van der Waals surface area contributed by atoms with Gasteiger partial charge in [-0.3, -0.25) is 0 Å². The van der Waals surface area contributed by atoms with Gasteiger partial charge in [0.25, 0.3) is 0 Å². The second-order valence-electron chi connectivity index (χ2n) is 2.04. The zero-order valence-electron chi connectivity index (χ0n) is 5.87. The van der Waals surface area contributed by atoms with Crippen LogP contribution in [0.25, 0.3) is 0 Å². The van der Waals surface area contributed by atoms with Gasteiger partial charge < -0.3 is 10.2 Å². The predicted molar refractivity (Wildman–Crippen MR) is 40.7 cm³/mol. The Hall–Kier alpha value is 0.270. The number of hydrogen-bond donors (Lipinski definition) is 2. The van der Waals surface area contributed by atoms with Gasteiger partial charge in [-0.15, -0.1) is 0 Å². The standard InChI is InChI=1S/C6H14O2S/c1-5(8)6(2)9-4-3-7/h5-8H,3-4H2,1-2H3/t5-,6-/m0/s1. The first-order chi connectivity index (χ1) is 4.18. The van der Waals surface area contributed by atoms with Crippen molar-refractivity contribution in [2.24, 2.45) is 0 Å². The Balaban J connectivity index is 3.16. The van der Waals surface area contributed by atoms with Crippen molar-refractivity contribution in [3.63, 3.8) is 0 Å². The first-order valence-electron chi connectivity index (χ1n) is 3.09. The lowest BCUT2D eigenvalue weighted by atomic mass is 10.3. The van der Waals surface area contributed by atoms with E-state index in [1.165, 1.54) is 0 Å². The molecule has 0 aliphatic rings. The molecule has 0 rings (SSSR count). The van der Waals surface area contributed by atoms with Crippen LogP contribution in [-0.2, 0) is 0 Å². The van der Waals surface area contributed by atoms with Gasteiger partial charge in [-0.2, -0.15) is 11.8 Å². The first kappa shape index (κ1) is 9.27. The van der Waals surface area contributed by atoms with Crippen LogP contribution >= 0.6 is 11.8 Å². The third-order valence-corrected chi connectivity index (χ3v) is 2.49. The van der Waals surface area contributed by atoms with Gasteiger partial charge in [-0.1, -0.05) is 6.92 Å². The Kier molecular flexibility index (Phi) is 5.24. The molecule has 0 radical (unpaired) electrons. The molecule has 0 amide bonds. The normalized spacial score (nSPS) is 17.3. The van der Waals surface area contributed by atoms with Crippen molar-refractivity contribution < 1.29 is 10.2 Å². The highest BCUT2D eigenvalue weighted by atomic mass is 32.2. The van der Waals surface area contributed by atoms with Crippen LogP contribution < -0.4 is 0 Å². The van der Waals surface area contributed by atoms with Gasteiger partial charge in [-0.05, 0) is 6.92 Å². The minimum Gasteiger partial charge on any atom is -0.396 e. The second-order valence-corrected chi connectivity index (χ2v) is 3.53. The molecule has 0 aliphatic carbocycles. The lowest BCUT2D eigenvalue weighted by Gasteiger charge is -2.12. The molecule has 2 atom stereocenters. The summed E-state index contributed by atoms with van der Waals surface area (Å²) in [6.45, 7) is 3.90. The fourth-order valence-electron chi connectivity index (χ4n) is 0.378. The number of thioether (sulfide) groups is 1. The molecule has 0 aromatic heterocycles. The molecule has 2 N–H and O–H groups in total. The van der Waals surface area contributed by atoms with E-state index >= 15 is 0 Å². The SMILES string of the molecule is C[C@H](O)[C@H](C)SCCO. The lowest BCUT2D eigenvalue weighted by Crippen LogP contribution is -2.16. The summed E-state index contributed by atoms with van der Waals surface area (Å²) in [7, 11) is 0. The summed E-state index contributed by atoms with van der Waals surface area (Å²) < 4.78 is 0. The molecule has 9 heavy (non-hydrogen) atoms. The Bertz CT molecular complexity index is 66.1. The van der Waals surface area contributed by atoms with Gasteiger partial charge in [0.15, 0.2) is 0 Å².